The molecule has 0 unspecified atom stereocenters. The second-order valence-electron chi connectivity index (χ2n) is 8.24. The smallest absolute Gasteiger partial charge is 0.323 e. The molecule has 0 bridgehead atoms. The number of ether oxygens (including phenoxy) is 4. The van der Waals surface area contributed by atoms with E-state index in [1.54, 1.807) is 0 Å². The molecule has 0 saturated heterocycles. The van der Waals surface area contributed by atoms with Gasteiger partial charge in [-0.15, -0.1) is 9.97 Å². The summed E-state index contributed by atoms with van der Waals surface area (Å²) in [5, 5.41) is 16.4. The molecule has 0 aromatic carbocycles. The van der Waals surface area contributed by atoms with E-state index in [0.29, 0.717) is 0 Å². The van der Waals surface area contributed by atoms with Crippen molar-refractivity contribution in [3.63, 3.8) is 0 Å². The van der Waals surface area contributed by atoms with E-state index in [1.807, 2.05) is 55.4 Å². The summed E-state index contributed by atoms with van der Waals surface area (Å²) >= 11 is 0. The Hall–Kier alpha value is -3.84. The van der Waals surface area contributed by atoms with Gasteiger partial charge in [0.1, 0.15) is 0 Å². The van der Waals surface area contributed by atoms with Crippen molar-refractivity contribution in [2.45, 2.75) is 79.8 Å². The van der Waals surface area contributed by atoms with E-state index < -0.39 is 0 Å². The zero-order chi connectivity index (χ0) is 25.0. The summed E-state index contributed by atoms with van der Waals surface area (Å²) in [4.78, 5) is 25.4. The first-order chi connectivity index (χ1) is 16.0. The van der Waals surface area contributed by atoms with Crippen molar-refractivity contribution in [2.24, 2.45) is 0 Å². The normalized spacial score (nSPS) is 11.5. The molecule has 3 rings (SSSR count). The summed E-state index contributed by atoms with van der Waals surface area (Å²) in [7, 11) is 0. The molecule has 0 spiro atoms. The lowest BCUT2D eigenvalue weighted by Gasteiger charge is -2.12. The average molecular weight is 476 g/mol. The Balaban J connectivity index is 2.16. The number of hydrogen-bond acceptors (Lipinski definition) is 13. The van der Waals surface area contributed by atoms with Crippen molar-refractivity contribution in [3.8, 4) is 47.1 Å². The standard InChI is InChI=1S/C20H28N8O6/c1-9(2)30-17-21-15(22-18(25-17)31-10(3)4)13-14(28(29)34-27-13)16-23-19(32-11(5)6)26-20(24-16)33-12(7)8/h9-12H,1-8H3. The molecule has 34 heavy (non-hydrogen) atoms. The first-order valence-electron chi connectivity index (χ1n) is 10.8. The highest BCUT2D eigenvalue weighted by atomic mass is 16.8. The molecule has 3 aromatic rings. The molecule has 3 aromatic heterocycles. The first kappa shape index (κ1) is 24.8. The lowest BCUT2D eigenvalue weighted by Crippen LogP contribution is -2.27. The maximum atomic E-state index is 12.6. The third kappa shape index (κ3) is 6.36. The number of aromatic nitrogens is 8. The van der Waals surface area contributed by atoms with Crippen LogP contribution in [0.5, 0.6) is 24.0 Å². The van der Waals surface area contributed by atoms with E-state index in [9.17, 15) is 5.21 Å². The minimum absolute atomic E-state index is 0.00893. The van der Waals surface area contributed by atoms with Crippen LogP contribution < -0.4 is 23.9 Å². The van der Waals surface area contributed by atoms with Gasteiger partial charge in [-0.25, -0.2) is 0 Å². The van der Waals surface area contributed by atoms with Gasteiger partial charge in [-0.3, -0.25) is 4.63 Å². The molecule has 0 aliphatic rings. The minimum Gasteiger partial charge on any atom is -0.461 e. The van der Waals surface area contributed by atoms with E-state index in [-0.39, 0.29) is 76.4 Å². The lowest BCUT2D eigenvalue weighted by molar-refractivity contribution is -0.793. The van der Waals surface area contributed by atoms with Crippen LogP contribution in [0, 0.1) is 5.21 Å². The molecule has 3 heterocycles. The predicted molar refractivity (Wildman–Crippen MR) is 116 cm³/mol. The van der Waals surface area contributed by atoms with Crippen LogP contribution in [0.2, 0.25) is 0 Å². The molecule has 14 heteroatoms. The molecular formula is C20H28N8O6. The zero-order valence-corrected chi connectivity index (χ0v) is 20.3. The van der Waals surface area contributed by atoms with Crippen LogP contribution in [0.4, 0.5) is 0 Å². The molecule has 184 valence electrons. The Morgan fingerprint density at radius 3 is 1.29 bits per heavy atom. The number of rotatable bonds is 10. The highest BCUT2D eigenvalue weighted by Gasteiger charge is 2.31. The maximum absolute atomic E-state index is 12.6. The van der Waals surface area contributed by atoms with Crippen LogP contribution in [0.3, 0.4) is 0 Å². The van der Waals surface area contributed by atoms with Gasteiger partial charge in [-0.1, -0.05) is 0 Å². The fourth-order valence-electron chi connectivity index (χ4n) is 2.52. The van der Waals surface area contributed by atoms with Gasteiger partial charge >= 0.3 is 24.0 Å². The molecular weight excluding hydrogens is 448 g/mol. The molecule has 0 atom stereocenters. The van der Waals surface area contributed by atoms with Crippen molar-refractivity contribution in [2.75, 3.05) is 0 Å². The fraction of sp³-hybridized carbons (Fsp3) is 0.600. The van der Waals surface area contributed by atoms with Crippen molar-refractivity contribution < 1.29 is 28.5 Å². The van der Waals surface area contributed by atoms with Crippen molar-refractivity contribution in [1.82, 2.24) is 35.1 Å². The SMILES string of the molecule is CC(C)Oc1nc(OC(C)C)nc(-c2no[n+]([O-])c2-c2nc(OC(C)C)nc(OC(C)C)n2)n1. The summed E-state index contributed by atoms with van der Waals surface area (Å²) in [6.45, 7) is 14.5. The van der Waals surface area contributed by atoms with E-state index in [4.69, 9.17) is 23.6 Å². The van der Waals surface area contributed by atoms with Gasteiger partial charge in [0.25, 0.3) is 11.4 Å². The van der Waals surface area contributed by atoms with Crippen LogP contribution in [0.15, 0.2) is 4.63 Å². The molecule has 0 aliphatic carbocycles. The molecule has 0 radical (unpaired) electrons. The number of hydrogen-bond donors (Lipinski definition) is 0. The van der Waals surface area contributed by atoms with Gasteiger partial charge in [0.2, 0.25) is 11.6 Å². The maximum Gasteiger partial charge on any atom is 0.323 e. The Kier molecular flexibility index (Phi) is 7.58. The highest BCUT2D eigenvalue weighted by Crippen LogP contribution is 2.28. The summed E-state index contributed by atoms with van der Waals surface area (Å²) < 4.78 is 27.3. The van der Waals surface area contributed by atoms with Gasteiger partial charge in [-0.2, -0.15) is 19.9 Å². The largest absolute Gasteiger partial charge is 0.461 e. The molecule has 0 aliphatic heterocycles. The van der Waals surface area contributed by atoms with E-state index in [1.165, 1.54) is 0 Å². The Morgan fingerprint density at radius 2 is 0.941 bits per heavy atom. The Bertz CT molecular complexity index is 1060. The number of nitrogens with zero attached hydrogens (tertiary/aromatic N) is 8. The van der Waals surface area contributed by atoms with Gasteiger partial charge in [0.15, 0.2) is 0 Å². The van der Waals surface area contributed by atoms with Crippen molar-refractivity contribution in [1.29, 1.82) is 0 Å². The van der Waals surface area contributed by atoms with E-state index in [0.717, 1.165) is 0 Å². The first-order valence-corrected chi connectivity index (χ1v) is 10.8. The average Bonchev–Trinajstić information content (AvgIpc) is 3.07. The van der Waals surface area contributed by atoms with E-state index >= 15 is 0 Å². The summed E-state index contributed by atoms with van der Waals surface area (Å²) in [5.41, 5.74) is -0.237. The van der Waals surface area contributed by atoms with Gasteiger partial charge in [0, 0.05) is 0 Å². The lowest BCUT2D eigenvalue weighted by atomic mass is 10.3. The van der Waals surface area contributed by atoms with Crippen LogP contribution in [-0.4, -0.2) is 59.5 Å². The second kappa shape index (κ2) is 10.4. The fourth-order valence-corrected chi connectivity index (χ4v) is 2.52. The third-order valence-corrected chi connectivity index (χ3v) is 3.59. The van der Waals surface area contributed by atoms with Gasteiger partial charge in [-0.05, 0) is 60.3 Å². The van der Waals surface area contributed by atoms with E-state index in [2.05, 4.69) is 35.1 Å². The second-order valence-corrected chi connectivity index (χ2v) is 8.24. The minimum atomic E-state index is -0.238. The monoisotopic (exact) mass is 476 g/mol. The molecule has 0 amide bonds. The van der Waals surface area contributed by atoms with Gasteiger partial charge < -0.3 is 24.2 Å². The molecule has 14 nitrogen and oxygen atoms in total. The van der Waals surface area contributed by atoms with Crippen LogP contribution >= 0.6 is 0 Å². The van der Waals surface area contributed by atoms with Crippen LogP contribution in [0.1, 0.15) is 55.4 Å². The summed E-state index contributed by atoms with van der Waals surface area (Å²) in [6.07, 6.45) is -0.922. The summed E-state index contributed by atoms with van der Waals surface area (Å²) in [6, 6.07) is -0.0899. The topological polar surface area (TPSA) is 167 Å². The third-order valence-electron chi connectivity index (χ3n) is 3.59. The summed E-state index contributed by atoms with van der Waals surface area (Å²) in [5.74, 6) is -0.140. The zero-order valence-electron chi connectivity index (χ0n) is 20.3. The molecule has 0 N–H and O–H groups in total. The van der Waals surface area contributed by atoms with Gasteiger partial charge in [0.05, 0.1) is 29.6 Å². The van der Waals surface area contributed by atoms with Crippen LogP contribution in [0.25, 0.3) is 23.0 Å². The molecule has 0 fully saturated rings. The van der Waals surface area contributed by atoms with Crippen LogP contribution in [-0.2, 0) is 0 Å². The Morgan fingerprint density at radius 1 is 0.588 bits per heavy atom. The Labute approximate surface area is 196 Å². The van der Waals surface area contributed by atoms with Crippen molar-refractivity contribution >= 4 is 0 Å². The highest BCUT2D eigenvalue weighted by molar-refractivity contribution is 5.67. The van der Waals surface area contributed by atoms with Crippen molar-refractivity contribution in [3.05, 3.63) is 5.21 Å². The predicted octanol–water partition coefficient (Wildman–Crippen LogP) is 2.16. The quantitative estimate of drug-likeness (QED) is 0.391. The molecule has 0 saturated carbocycles.